The summed E-state index contributed by atoms with van der Waals surface area (Å²) in [6, 6.07) is 10.9. The second-order valence-electron chi connectivity index (χ2n) is 6.79. The standard InChI is InChI=1S/C19H17ClN8O/c20-13-8-10-27-15(13)17(29)28(12-5-2-1-3-6-12)16(25-27)14-7-4-9-26(14)19-23-11-22-18(21)24-19/h1-3,5-6,8,10-11,14H,4,7,9H2,(H2,21,22,23,24)/t14-/m0/s1. The Morgan fingerprint density at radius 3 is 2.76 bits per heavy atom. The van der Waals surface area contributed by atoms with E-state index >= 15 is 0 Å². The fourth-order valence-corrected chi connectivity index (χ4v) is 4.03. The number of nitrogens with two attached hydrogens (primary N) is 1. The van der Waals surface area contributed by atoms with Crippen LogP contribution in [-0.4, -0.2) is 35.7 Å². The molecule has 4 aromatic rings. The molecule has 1 aliphatic rings. The number of aromatic nitrogens is 6. The van der Waals surface area contributed by atoms with Crippen LogP contribution in [0.1, 0.15) is 24.7 Å². The number of nitrogen functional groups attached to an aromatic ring is 1. The molecule has 1 fully saturated rings. The molecule has 9 nitrogen and oxygen atoms in total. The van der Waals surface area contributed by atoms with Crippen LogP contribution in [-0.2, 0) is 0 Å². The molecule has 2 N–H and O–H groups in total. The molecule has 5 rings (SSSR count). The lowest BCUT2D eigenvalue weighted by atomic mass is 10.2. The highest BCUT2D eigenvalue weighted by molar-refractivity contribution is 6.33. The van der Waals surface area contributed by atoms with Crippen molar-refractivity contribution >= 4 is 29.0 Å². The first-order chi connectivity index (χ1) is 14.1. The number of anilines is 2. The van der Waals surface area contributed by atoms with Crippen LogP contribution in [0.4, 0.5) is 11.9 Å². The smallest absolute Gasteiger partial charge is 0.284 e. The van der Waals surface area contributed by atoms with Gasteiger partial charge < -0.3 is 10.6 Å². The Bertz CT molecular complexity index is 1250. The molecule has 10 heteroatoms. The highest BCUT2D eigenvalue weighted by Crippen LogP contribution is 2.34. The minimum Gasteiger partial charge on any atom is -0.368 e. The summed E-state index contributed by atoms with van der Waals surface area (Å²) in [7, 11) is 0. The third kappa shape index (κ3) is 2.90. The summed E-state index contributed by atoms with van der Waals surface area (Å²) >= 11 is 6.27. The fourth-order valence-electron chi connectivity index (χ4n) is 3.80. The first-order valence-electron chi connectivity index (χ1n) is 9.20. The minimum absolute atomic E-state index is 0.154. The van der Waals surface area contributed by atoms with E-state index in [0.717, 1.165) is 25.1 Å². The van der Waals surface area contributed by atoms with E-state index in [0.29, 0.717) is 22.3 Å². The summed E-state index contributed by atoms with van der Waals surface area (Å²) in [5.41, 5.74) is 6.60. The number of hydrogen-bond acceptors (Lipinski definition) is 7. The predicted octanol–water partition coefficient (Wildman–Crippen LogP) is 2.25. The monoisotopic (exact) mass is 408 g/mol. The van der Waals surface area contributed by atoms with Crippen LogP contribution in [0.3, 0.4) is 0 Å². The topological polar surface area (TPSA) is 107 Å². The van der Waals surface area contributed by atoms with Crippen LogP contribution < -0.4 is 16.2 Å². The lowest BCUT2D eigenvalue weighted by Crippen LogP contribution is -2.33. The Labute approximate surface area is 170 Å². The summed E-state index contributed by atoms with van der Waals surface area (Å²) in [6.45, 7) is 0.725. The number of nitrogens with zero attached hydrogens (tertiary/aromatic N) is 7. The van der Waals surface area contributed by atoms with Gasteiger partial charge in [0, 0.05) is 12.7 Å². The Morgan fingerprint density at radius 2 is 1.97 bits per heavy atom. The number of halogens is 1. The molecule has 3 aromatic heterocycles. The molecule has 0 aliphatic carbocycles. The highest BCUT2D eigenvalue weighted by atomic mass is 35.5. The van der Waals surface area contributed by atoms with E-state index in [-0.39, 0.29) is 17.5 Å². The van der Waals surface area contributed by atoms with Gasteiger partial charge in [0.05, 0.1) is 16.8 Å². The molecular formula is C19H17ClN8O. The SMILES string of the molecule is Nc1ncnc(N2CCC[C@H]2c2nn3ccc(Cl)c3c(=O)n2-c2ccccc2)n1. The Morgan fingerprint density at radius 1 is 1.14 bits per heavy atom. The van der Waals surface area contributed by atoms with Crippen LogP contribution in [0.5, 0.6) is 0 Å². The van der Waals surface area contributed by atoms with Crippen molar-refractivity contribution in [2.45, 2.75) is 18.9 Å². The second kappa shape index (κ2) is 6.85. The molecule has 29 heavy (non-hydrogen) atoms. The Kier molecular flexibility index (Phi) is 4.17. The summed E-state index contributed by atoms with van der Waals surface area (Å²) in [5.74, 6) is 1.22. The fraction of sp³-hybridized carbons (Fsp3) is 0.211. The van der Waals surface area contributed by atoms with Gasteiger partial charge in [0.15, 0.2) is 5.82 Å². The largest absolute Gasteiger partial charge is 0.368 e. The molecule has 0 saturated carbocycles. The van der Waals surface area contributed by atoms with E-state index in [1.807, 2.05) is 35.2 Å². The molecule has 1 aliphatic heterocycles. The van der Waals surface area contributed by atoms with E-state index in [2.05, 4.69) is 15.0 Å². The summed E-state index contributed by atoms with van der Waals surface area (Å²) < 4.78 is 3.16. The van der Waals surface area contributed by atoms with Gasteiger partial charge in [-0.1, -0.05) is 29.8 Å². The third-order valence-corrected chi connectivity index (χ3v) is 5.37. The van der Waals surface area contributed by atoms with Crippen molar-refractivity contribution in [1.29, 1.82) is 0 Å². The summed E-state index contributed by atoms with van der Waals surface area (Å²) in [6.07, 6.45) is 4.79. The van der Waals surface area contributed by atoms with E-state index in [1.165, 1.54) is 10.8 Å². The maximum absolute atomic E-state index is 13.4. The van der Waals surface area contributed by atoms with Gasteiger partial charge in [0.2, 0.25) is 11.9 Å². The van der Waals surface area contributed by atoms with Crippen LogP contribution in [0.25, 0.3) is 11.2 Å². The highest BCUT2D eigenvalue weighted by Gasteiger charge is 2.33. The number of para-hydroxylation sites is 1. The predicted molar refractivity (Wildman–Crippen MR) is 109 cm³/mol. The molecule has 4 heterocycles. The van der Waals surface area contributed by atoms with Crippen molar-refractivity contribution in [3.05, 3.63) is 70.1 Å². The average Bonchev–Trinajstić information content (AvgIpc) is 3.36. The first-order valence-corrected chi connectivity index (χ1v) is 9.57. The van der Waals surface area contributed by atoms with Crippen molar-refractivity contribution < 1.29 is 0 Å². The second-order valence-corrected chi connectivity index (χ2v) is 7.19. The number of fused-ring (bicyclic) bond motifs is 1. The molecule has 0 bridgehead atoms. The van der Waals surface area contributed by atoms with E-state index in [4.69, 9.17) is 22.4 Å². The zero-order chi connectivity index (χ0) is 20.0. The van der Waals surface area contributed by atoms with Crippen molar-refractivity contribution in [1.82, 2.24) is 29.1 Å². The summed E-state index contributed by atoms with van der Waals surface area (Å²) in [5, 5.41) is 5.13. The van der Waals surface area contributed by atoms with Gasteiger partial charge in [-0.25, -0.2) is 14.5 Å². The van der Waals surface area contributed by atoms with Gasteiger partial charge in [-0.05, 0) is 31.0 Å². The van der Waals surface area contributed by atoms with Gasteiger partial charge in [-0.15, -0.1) is 0 Å². The first kappa shape index (κ1) is 17.6. The zero-order valence-corrected chi connectivity index (χ0v) is 16.1. The van der Waals surface area contributed by atoms with E-state index < -0.39 is 0 Å². The van der Waals surface area contributed by atoms with Crippen LogP contribution >= 0.6 is 11.6 Å². The van der Waals surface area contributed by atoms with Gasteiger partial charge in [-0.2, -0.15) is 10.1 Å². The van der Waals surface area contributed by atoms with Gasteiger partial charge in [-0.3, -0.25) is 9.36 Å². The van der Waals surface area contributed by atoms with Gasteiger partial charge in [0.1, 0.15) is 11.8 Å². The van der Waals surface area contributed by atoms with Crippen molar-refractivity contribution in [2.75, 3.05) is 17.2 Å². The third-order valence-electron chi connectivity index (χ3n) is 5.06. The zero-order valence-electron chi connectivity index (χ0n) is 15.3. The van der Waals surface area contributed by atoms with E-state index in [1.54, 1.807) is 16.8 Å². The van der Waals surface area contributed by atoms with E-state index in [9.17, 15) is 4.79 Å². The molecule has 1 aromatic carbocycles. The quantitative estimate of drug-likeness (QED) is 0.553. The Hall–Kier alpha value is -3.46. The minimum atomic E-state index is -0.224. The maximum Gasteiger partial charge on any atom is 0.284 e. The molecular weight excluding hydrogens is 392 g/mol. The van der Waals surface area contributed by atoms with Crippen LogP contribution in [0.2, 0.25) is 5.02 Å². The molecule has 0 spiro atoms. The molecule has 0 unspecified atom stereocenters. The van der Waals surface area contributed by atoms with Crippen molar-refractivity contribution in [3.63, 3.8) is 0 Å². The number of rotatable bonds is 3. The average molecular weight is 409 g/mol. The number of benzene rings is 1. The molecule has 1 atom stereocenters. The van der Waals surface area contributed by atoms with Crippen molar-refractivity contribution in [2.24, 2.45) is 0 Å². The normalized spacial score (nSPS) is 16.6. The Balaban J connectivity index is 1.75. The lowest BCUT2D eigenvalue weighted by molar-refractivity contribution is 0.596. The maximum atomic E-state index is 13.4. The van der Waals surface area contributed by atoms with Crippen molar-refractivity contribution in [3.8, 4) is 5.69 Å². The van der Waals surface area contributed by atoms with Crippen LogP contribution in [0, 0.1) is 0 Å². The molecule has 1 saturated heterocycles. The van der Waals surface area contributed by atoms with Gasteiger partial charge >= 0.3 is 0 Å². The summed E-state index contributed by atoms with van der Waals surface area (Å²) in [4.78, 5) is 27.8. The lowest BCUT2D eigenvalue weighted by Gasteiger charge is -2.26. The molecule has 146 valence electrons. The van der Waals surface area contributed by atoms with Gasteiger partial charge in [0.25, 0.3) is 5.56 Å². The molecule has 0 amide bonds. The number of hydrogen-bond donors (Lipinski definition) is 1. The molecule has 0 radical (unpaired) electrons. The van der Waals surface area contributed by atoms with Crippen LogP contribution in [0.15, 0.2) is 53.7 Å².